The second-order valence-corrected chi connectivity index (χ2v) is 10.2. The van der Waals surface area contributed by atoms with Crippen molar-refractivity contribution < 1.29 is 29.0 Å². The zero-order valence-corrected chi connectivity index (χ0v) is 22.7. The number of nitrogens with zero attached hydrogens (tertiary/aromatic N) is 1. The van der Waals surface area contributed by atoms with Crippen LogP contribution in [0.3, 0.4) is 0 Å². The number of benzene rings is 3. The molecule has 0 saturated heterocycles. The minimum absolute atomic E-state index is 0.0192. The fourth-order valence-electron chi connectivity index (χ4n) is 4.03. The Labute approximate surface area is 232 Å². The topological polar surface area (TPSA) is 151 Å². The molecule has 0 spiro atoms. The maximum atomic E-state index is 13.7. The molecule has 0 aliphatic carbocycles. The number of ether oxygens (including phenoxy) is 1. The standard InChI is InChI=1S/C30H32N4O6/c1-6-34(28(38)23(17-25(31)36)33-29(39)40-30(3,4)5)26(21-12-14-24(35)18(2)15-21)27(37)32-22-13-11-19-9-7-8-10-20(19)16-22/h1,7-16,23,26,35H,17H2,2-5H3,(H2,31,36)(H,32,37)(H,33,39). The third-order valence-corrected chi connectivity index (χ3v) is 5.83. The quantitative estimate of drug-likeness (QED) is 0.251. The van der Waals surface area contributed by atoms with E-state index in [0.717, 1.165) is 15.7 Å². The molecule has 0 aromatic heterocycles. The first kappa shape index (κ1) is 29.5. The summed E-state index contributed by atoms with van der Waals surface area (Å²) in [5, 5.41) is 17.0. The lowest BCUT2D eigenvalue weighted by molar-refractivity contribution is -0.138. The third kappa shape index (κ3) is 7.51. The van der Waals surface area contributed by atoms with E-state index in [2.05, 4.69) is 16.7 Å². The first-order valence-electron chi connectivity index (χ1n) is 12.5. The smallest absolute Gasteiger partial charge is 0.408 e. The number of anilines is 1. The lowest BCUT2D eigenvalue weighted by atomic mass is 10.00. The first-order chi connectivity index (χ1) is 18.8. The van der Waals surface area contributed by atoms with E-state index >= 15 is 0 Å². The van der Waals surface area contributed by atoms with Gasteiger partial charge in [0.05, 0.1) is 6.42 Å². The van der Waals surface area contributed by atoms with Crippen LogP contribution in [0.15, 0.2) is 60.7 Å². The van der Waals surface area contributed by atoms with Gasteiger partial charge in [0.25, 0.3) is 11.8 Å². The number of carbonyl (C=O) groups excluding carboxylic acids is 4. The Morgan fingerprint density at radius 2 is 1.73 bits per heavy atom. The predicted octanol–water partition coefficient (Wildman–Crippen LogP) is 3.72. The van der Waals surface area contributed by atoms with Crippen molar-refractivity contribution in [3.05, 3.63) is 71.8 Å². The highest BCUT2D eigenvalue weighted by molar-refractivity contribution is 6.01. The van der Waals surface area contributed by atoms with E-state index in [9.17, 15) is 24.3 Å². The summed E-state index contributed by atoms with van der Waals surface area (Å²) in [6.07, 6.45) is 4.19. The lowest BCUT2D eigenvalue weighted by Crippen LogP contribution is -2.52. The van der Waals surface area contributed by atoms with Gasteiger partial charge in [-0.25, -0.2) is 4.79 Å². The van der Waals surface area contributed by atoms with Crippen LogP contribution in [0.1, 0.15) is 44.4 Å². The van der Waals surface area contributed by atoms with Crippen LogP contribution in [0.5, 0.6) is 5.75 Å². The molecule has 5 N–H and O–H groups in total. The molecule has 0 saturated carbocycles. The van der Waals surface area contributed by atoms with Crippen molar-refractivity contribution in [1.82, 2.24) is 10.2 Å². The minimum Gasteiger partial charge on any atom is -0.508 e. The number of alkyl carbamates (subject to hydrolysis) is 1. The van der Waals surface area contributed by atoms with Crippen LogP contribution in [0, 0.1) is 19.4 Å². The Morgan fingerprint density at radius 3 is 2.33 bits per heavy atom. The lowest BCUT2D eigenvalue weighted by Gasteiger charge is -2.30. The van der Waals surface area contributed by atoms with Crippen LogP contribution in [0.25, 0.3) is 10.8 Å². The monoisotopic (exact) mass is 544 g/mol. The highest BCUT2D eigenvalue weighted by Gasteiger charge is 2.37. The normalized spacial score (nSPS) is 12.5. The van der Waals surface area contributed by atoms with Gasteiger partial charge in [-0.05, 0) is 73.9 Å². The van der Waals surface area contributed by atoms with Gasteiger partial charge in [-0.1, -0.05) is 42.8 Å². The molecule has 3 aromatic rings. The zero-order chi connectivity index (χ0) is 29.6. The number of phenolic OH excluding ortho intramolecular Hbond substituents is 1. The molecule has 0 aliphatic rings. The van der Waals surface area contributed by atoms with Crippen molar-refractivity contribution in [1.29, 1.82) is 0 Å². The van der Waals surface area contributed by atoms with E-state index in [1.54, 1.807) is 39.8 Å². The molecule has 0 heterocycles. The summed E-state index contributed by atoms with van der Waals surface area (Å²) in [6, 6.07) is 16.5. The highest BCUT2D eigenvalue weighted by atomic mass is 16.6. The number of rotatable bonds is 8. The Balaban J connectivity index is 2.01. The number of phenols is 1. The number of fused-ring (bicyclic) bond motifs is 1. The number of nitrogens with one attached hydrogen (secondary N) is 2. The summed E-state index contributed by atoms with van der Waals surface area (Å²) < 4.78 is 5.22. The Morgan fingerprint density at radius 1 is 1.05 bits per heavy atom. The Hall–Kier alpha value is -5.04. The molecule has 10 nitrogen and oxygen atoms in total. The summed E-state index contributed by atoms with van der Waals surface area (Å²) in [5.41, 5.74) is 5.64. The fourth-order valence-corrected chi connectivity index (χ4v) is 4.03. The van der Waals surface area contributed by atoms with E-state index in [-0.39, 0.29) is 11.3 Å². The number of primary amides is 1. The van der Waals surface area contributed by atoms with Crippen molar-refractivity contribution in [3.63, 3.8) is 0 Å². The van der Waals surface area contributed by atoms with E-state index in [0.29, 0.717) is 11.3 Å². The van der Waals surface area contributed by atoms with Crippen LogP contribution in [0.2, 0.25) is 0 Å². The predicted molar refractivity (Wildman–Crippen MR) is 151 cm³/mol. The van der Waals surface area contributed by atoms with Crippen molar-refractivity contribution in [2.75, 3.05) is 5.32 Å². The van der Waals surface area contributed by atoms with Crippen molar-refractivity contribution >= 4 is 40.3 Å². The molecule has 3 rings (SSSR count). The Bertz CT molecular complexity index is 1490. The fraction of sp³-hybridized carbons (Fsp3) is 0.267. The molecule has 0 fully saturated rings. The molecule has 2 atom stereocenters. The van der Waals surface area contributed by atoms with Gasteiger partial charge in [0, 0.05) is 11.7 Å². The van der Waals surface area contributed by atoms with Crippen molar-refractivity contribution in [3.8, 4) is 18.2 Å². The molecule has 3 aromatic carbocycles. The van der Waals surface area contributed by atoms with Gasteiger partial charge >= 0.3 is 6.09 Å². The number of nitrogens with two attached hydrogens (primary N) is 1. The van der Waals surface area contributed by atoms with Gasteiger partial charge in [0.1, 0.15) is 23.4 Å². The summed E-state index contributed by atoms with van der Waals surface area (Å²) >= 11 is 0. The van der Waals surface area contributed by atoms with E-state index < -0.39 is 47.9 Å². The third-order valence-electron chi connectivity index (χ3n) is 5.83. The second kappa shape index (κ2) is 12.2. The van der Waals surface area contributed by atoms with Gasteiger partial charge in [-0.15, -0.1) is 0 Å². The van der Waals surface area contributed by atoms with E-state index in [4.69, 9.17) is 16.9 Å². The van der Waals surface area contributed by atoms with Crippen molar-refractivity contribution in [2.45, 2.75) is 51.8 Å². The number of aromatic hydroxyl groups is 1. The number of hydrogen-bond acceptors (Lipinski definition) is 6. The molecule has 0 aliphatic heterocycles. The number of amides is 4. The summed E-state index contributed by atoms with van der Waals surface area (Å²) in [5.74, 6) is -2.50. The number of carbonyl (C=O) groups is 4. The average Bonchev–Trinajstić information content (AvgIpc) is 2.86. The van der Waals surface area contributed by atoms with Crippen LogP contribution >= 0.6 is 0 Å². The zero-order valence-electron chi connectivity index (χ0n) is 22.7. The molecule has 40 heavy (non-hydrogen) atoms. The first-order valence-corrected chi connectivity index (χ1v) is 12.5. The molecule has 0 bridgehead atoms. The van der Waals surface area contributed by atoms with E-state index in [1.165, 1.54) is 18.2 Å². The summed E-state index contributed by atoms with van der Waals surface area (Å²) in [7, 11) is 0. The van der Waals surface area contributed by atoms with Crippen LogP contribution in [-0.4, -0.2) is 45.5 Å². The summed E-state index contributed by atoms with van der Waals surface area (Å²) in [6.45, 7) is 6.52. The SMILES string of the molecule is C#CN(C(=O)C(CC(N)=O)NC(=O)OC(C)(C)C)C(C(=O)Nc1ccc2ccccc2c1)c1ccc(O)c(C)c1. The number of terminal acetylenes is 1. The molecule has 4 amide bonds. The molecular weight excluding hydrogens is 512 g/mol. The maximum Gasteiger partial charge on any atom is 0.408 e. The molecule has 10 heteroatoms. The molecule has 2 unspecified atom stereocenters. The number of aryl methyl sites for hydroxylation is 1. The van der Waals surface area contributed by atoms with Gasteiger partial charge in [-0.2, -0.15) is 0 Å². The highest BCUT2D eigenvalue weighted by Crippen LogP contribution is 2.28. The molecule has 0 radical (unpaired) electrons. The Kier molecular flexibility index (Phi) is 9.01. The molecule has 208 valence electrons. The largest absolute Gasteiger partial charge is 0.508 e. The van der Waals surface area contributed by atoms with Crippen LogP contribution in [0.4, 0.5) is 10.5 Å². The van der Waals surface area contributed by atoms with Crippen LogP contribution < -0.4 is 16.4 Å². The second-order valence-electron chi connectivity index (χ2n) is 10.2. The number of hydrogen-bond donors (Lipinski definition) is 4. The molecular formula is C30H32N4O6. The average molecular weight is 545 g/mol. The van der Waals surface area contributed by atoms with E-state index in [1.807, 2.05) is 30.3 Å². The minimum atomic E-state index is -1.52. The van der Waals surface area contributed by atoms with Gasteiger partial charge in [-0.3, -0.25) is 19.3 Å². The van der Waals surface area contributed by atoms with Gasteiger partial charge in [0.2, 0.25) is 5.91 Å². The van der Waals surface area contributed by atoms with Gasteiger partial charge in [0.15, 0.2) is 0 Å². The summed E-state index contributed by atoms with van der Waals surface area (Å²) in [4.78, 5) is 52.5. The maximum absolute atomic E-state index is 13.7. The van der Waals surface area contributed by atoms with Crippen molar-refractivity contribution in [2.24, 2.45) is 5.73 Å². The van der Waals surface area contributed by atoms with Crippen LogP contribution in [-0.2, 0) is 19.1 Å². The van der Waals surface area contributed by atoms with Gasteiger partial charge < -0.3 is 26.2 Å².